The number of nitrogens with one attached hydrogen (secondary N) is 1. The van der Waals surface area contributed by atoms with Crippen molar-refractivity contribution in [2.45, 2.75) is 38.6 Å². The Hall–Kier alpha value is -1.10. The van der Waals surface area contributed by atoms with Crippen LogP contribution in [0.25, 0.3) is 0 Å². The summed E-state index contributed by atoms with van der Waals surface area (Å²) in [4.78, 5) is 23.9. The highest BCUT2D eigenvalue weighted by atomic mass is 16.4. The van der Waals surface area contributed by atoms with Crippen LogP contribution in [0.2, 0.25) is 0 Å². The lowest BCUT2D eigenvalue weighted by Crippen LogP contribution is -2.44. The highest BCUT2D eigenvalue weighted by molar-refractivity contribution is 5.82. The number of carbonyl (C=O) groups excluding carboxylic acids is 1. The minimum absolute atomic E-state index is 0.0281. The summed E-state index contributed by atoms with van der Waals surface area (Å²) >= 11 is 0. The molecule has 0 heterocycles. The van der Waals surface area contributed by atoms with Crippen molar-refractivity contribution in [3.8, 4) is 0 Å². The normalized spacial score (nSPS) is 12.5. The number of carboxylic acids is 1. The van der Waals surface area contributed by atoms with E-state index in [0.29, 0.717) is 0 Å². The molecular weight excluding hydrogens is 208 g/mol. The molecular formula is C11H22N2O3. The highest BCUT2D eigenvalue weighted by Gasteiger charge is 2.19. The van der Waals surface area contributed by atoms with E-state index >= 15 is 0 Å². The average Bonchev–Trinajstić information content (AvgIpc) is 2.17. The van der Waals surface area contributed by atoms with Gasteiger partial charge in [0.15, 0.2) is 0 Å². The molecule has 1 atom stereocenters. The van der Waals surface area contributed by atoms with Crippen LogP contribution in [0.3, 0.4) is 0 Å². The lowest BCUT2D eigenvalue weighted by atomic mass is 10.1. The Bertz CT molecular complexity index is 229. The molecule has 94 valence electrons. The first-order valence-corrected chi connectivity index (χ1v) is 5.65. The molecule has 0 saturated carbocycles. The Morgan fingerprint density at radius 3 is 2.44 bits per heavy atom. The molecule has 0 spiro atoms. The Morgan fingerprint density at radius 1 is 1.38 bits per heavy atom. The zero-order chi connectivity index (χ0) is 12.6. The number of likely N-dealkylation sites (N-methyl/N-ethyl adjacent to an activating group) is 1. The van der Waals surface area contributed by atoms with Crippen molar-refractivity contribution in [2.75, 3.05) is 20.6 Å². The molecule has 0 bridgehead atoms. The van der Waals surface area contributed by atoms with Crippen molar-refractivity contribution in [1.82, 2.24) is 10.2 Å². The molecule has 5 nitrogen and oxygen atoms in total. The quantitative estimate of drug-likeness (QED) is 0.644. The molecule has 0 rings (SSSR count). The van der Waals surface area contributed by atoms with Crippen molar-refractivity contribution < 1.29 is 14.7 Å². The first-order chi connectivity index (χ1) is 7.49. The highest BCUT2D eigenvalue weighted by Crippen LogP contribution is 2.05. The van der Waals surface area contributed by atoms with Crippen LogP contribution in [-0.4, -0.2) is 48.6 Å². The van der Waals surface area contributed by atoms with Crippen LogP contribution < -0.4 is 5.32 Å². The fourth-order valence-corrected chi connectivity index (χ4v) is 1.43. The summed E-state index contributed by atoms with van der Waals surface area (Å²) in [6.07, 6.45) is 2.82. The molecule has 5 heteroatoms. The van der Waals surface area contributed by atoms with Crippen molar-refractivity contribution >= 4 is 11.9 Å². The van der Waals surface area contributed by atoms with Crippen molar-refractivity contribution in [3.05, 3.63) is 0 Å². The fraction of sp³-hybridized carbons (Fsp3) is 0.818. The standard InChI is InChI=1S/C11H22N2O3/c1-4-5-6-9(13(2)3)11(16)12-8-7-10(14)15/h9H,4-8H2,1-3H3,(H,12,16)(H,14,15). The molecule has 0 saturated heterocycles. The molecule has 0 aliphatic carbocycles. The first-order valence-electron chi connectivity index (χ1n) is 5.65. The maximum absolute atomic E-state index is 11.7. The Morgan fingerprint density at radius 2 is 2.00 bits per heavy atom. The molecule has 0 radical (unpaired) electrons. The SMILES string of the molecule is CCCCC(C(=O)NCCC(=O)O)N(C)C. The summed E-state index contributed by atoms with van der Waals surface area (Å²) in [5, 5.41) is 11.1. The van der Waals surface area contributed by atoms with E-state index in [1.807, 2.05) is 19.0 Å². The van der Waals surface area contributed by atoms with Gasteiger partial charge < -0.3 is 10.4 Å². The van der Waals surface area contributed by atoms with Crippen LogP contribution in [0.1, 0.15) is 32.6 Å². The van der Waals surface area contributed by atoms with Crippen LogP contribution in [0.15, 0.2) is 0 Å². The van der Waals surface area contributed by atoms with Crippen molar-refractivity contribution in [1.29, 1.82) is 0 Å². The predicted octanol–water partition coefficient (Wildman–Crippen LogP) is 0.698. The molecule has 1 amide bonds. The van der Waals surface area contributed by atoms with Crippen LogP contribution >= 0.6 is 0 Å². The van der Waals surface area contributed by atoms with E-state index in [9.17, 15) is 9.59 Å². The molecule has 1 unspecified atom stereocenters. The summed E-state index contributed by atoms with van der Waals surface area (Å²) < 4.78 is 0. The van der Waals surface area contributed by atoms with E-state index < -0.39 is 5.97 Å². The van der Waals surface area contributed by atoms with Gasteiger partial charge >= 0.3 is 5.97 Å². The van der Waals surface area contributed by atoms with Gasteiger partial charge in [-0.05, 0) is 20.5 Å². The zero-order valence-corrected chi connectivity index (χ0v) is 10.3. The third kappa shape index (κ3) is 6.40. The summed E-state index contributed by atoms with van der Waals surface area (Å²) in [7, 11) is 3.72. The van der Waals surface area contributed by atoms with E-state index in [-0.39, 0.29) is 24.9 Å². The molecule has 0 aliphatic rings. The van der Waals surface area contributed by atoms with Gasteiger partial charge in [-0.25, -0.2) is 0 Å². The van der Waals surface area contributed by atoms with E-state index in [0.717, 1.165) is 19.3 Å². The van der Waals surface area contributed by atoms with Crippen LogP contribution in [0.5, 0.6) is 0 Å². The number of unbranched alkanes of at least 4 members (excludes halogenated alkanes) is 1. The number of hydrogen-bond acceptors (Lipinski definition) is 3. The van der Waals surface area contributed by atoms with E-state index in [4.69, 9.17) is 5.11 Å². The van der Waals surface area contributed by atoms with Gasteiger partial charge in [0, 0.05) is 6.54 Å². The predicted molar refractivity (Wildman–Crippen MR) is 62.3 cm³/mol. The van der Waals surface area contributed by atoms with Crippen LogP contribution in [0.4, 0.5) is 0 Å². The number of aliphatic carboxylic acids is 1. The van der Waals surface area contributed by atoms with E-state index in [2.05, 4.69) is 12.2 Å². The summed E-state index contributed by atoms with van der Waals surface area (Å²) in [6.45, 7) is 2.28. The minimum Gasteiger partial charge on any atom is -0.481 e. The molecule has 0 fully saturated rings. The number of hydrogen-bond donors (Lipinski definition) is 2. The maximum atomic E-state index is 11.7. The van der Waals surface area contributed by atoms with Crippen molar-refractivity contribution in [2.24, 2.45) is 0 Å². The van der Waals surface area contributed by atoms with Crippen LogP contribution in [0, 0.1) is 0 Å². The monoisotopic (exact) mass is 230 g/mol. The topological polar surface area (TPSA) is 69.6 Å². The number of carbonyl (C=O) groups is 2. The second-order valence-electron chi connectivity index (χ2n) is 4.06. The van der Waals surface area contributed by atoms with Gasteiger partial charge in [0.1, 0.15) is 0 Å². The molecule has 0 aromatic heterocycles. The van der Waals surface area contributed by atoms with Crippen LogP contribution in [-0.2, 0) is 9.59 Å². The number of rotatable bonds is 8. The number of nitrogens with zero attached hydrogens (tertiary/aromatic N) is 1. The molecule has 0 aromatic carbocycles. The minimum atomic E-state index is -0.893. The summed E-state index contributed by atoms with van der Waals surface area (Å²) in [6, 6.07) is -0.159. The van der Waals surface area contributed by atoms with E-state index in [1.54, 1.807) is 0 Å². The Kier molecular flexibility index (Phi) is 7.54. The summed E-state index contributed by atoms with van der Waals surface area (Å²) in [5.74, 6) is -0.977. The third-order valence-electron chi connectivity index (χ3n) is 2.40. The molecule has 16 heavy (non-hydrogen) atoms. The lowest BCUT2D eigenvalue weighted by molar-refractivity contribution is -0.137. The second-order valence-corrected chi connectivity index (χ2v) is 4.06. The first kappa shape index (κ1) is 14.9. The number of carboxylic acid groups (broad SMARTS) is 1. The van der Waals surface area contributed by atoms with Gasteiger partial charge in [0.25, 0.3) is 0 Å². The third-order valence-corrected chi connectivity index (χ3v) is 2.40. The zero-order valence-electron chi connectivity index (χ0n) is 10.3. The Balaban J connectivity index is 4.01. The van der Waals surface area contributed by atoms with Gasteiger partial charge in [0.2, 0.25) is 5.91 Å². The smallest absolute Gasteiger partial charge is 0.305 e. The number of amides is 1. The van der Waals surface area contributed by atoms with E-state index in [1.165, 1.54) is 0 Å². The fourth-order valence-electron chi connectivity index (χ4n) is 1.43. The second kappa shape index (κ2) is 8.10. The molecule has 2 N–H and O–H groups in total. The largest absolute Gasteiger partial charge is 0.481 e. The molecule has 0 aromatic rings. The van der Waals surface area contributed by atoms with Gasteiger partial charge in [-0.2, -0.15) is 0 Å². The van der Waals surface area contributed by atoms with Gasteiger partial charge in [-0.15, -0.1) is 0 Å². The Labute approximate surface area is 96.8 Å². The maximum Gasteiger partial charge on any atom is 0.305 e. The van der Waals surface area contributed by atoms with Gasteiger partial charge in [-0.3, -0.25) is 14.5 Å². The average molecular weight is 230 g/mol. The molecule has 0 aliphatic heterocycles. The van der Waals surface area contributed by atoms with Gasteiger partial charge in [-0.1, -0.05) is 19.8 Å². The lowest BCUT2D eigenvalue weighted by Gasteiger charge is -2.23. The summed E-state index contributed by atoms with van der Waals surface area (Å²) in [5.41, 5.74) is 0. The van der Waals surface area contributed by atoms with Crippen molar-refractivity contribution in [3.63, 3.8) is 0 Å². The van der Waals surface area contributed by atoms with Gasteiger partial charge in [0.05, 0.1) is 12.5 Å².